The lowest BCUT2D eigenvalue weighted by Crippen LogP contribution is -2.07. The van der Waals surface area contributed by atoms with Crippen LogP contribution in [0.5, 0.6) is 5.75 Å². The Morgan fingerprint density at radius 3 is 2.80 bits per heavy atom. The molecule has 2 rings (SSSR count). The lowest BCUT2D eigenvalue weighted by atomic mass is 10.2. The number of aromatic nitrogens is 1. The molecule has 1 aromatic heterocycles. The quantitative estimate of drug-likeness (QED) is 0.781. The topological polar surface area (TPSA) is 34.1 Å². The Balaban J connectivity index is 2.13. The van der Waals surface area contributed by atoms with Crippen LogP contribution in [-0.2, 0) is 6.54 Å². The molecule has 0 saturated carbocycles. The summed E-state index contributed by atoms with van der Waals surface area (Å²) in [5.41, 5.74) is 1.35. The highest BCUT2D eigenvalue weighted by Crippen LogP contribution is 2.26. The molecule has 0 fully saturated rings. The van der Waals surface area contributed by atoms with Gasteiger partial charge >= 0.3 is 6.61 Å². The molecule has 0 aliphatic carbocycles. The van der Waals surface area contributed by atoms with Crippen LogP contribution in [-0.4, -0.2) is 11.6 Å². The molecule has 2 aromatic rings. The maximum absolute atomic E-state index is 12.3. The van der Waals surface area contributed by atoms with E-state index in [2.05, 4.69) is 31.0 Å². The Hall–Kier alpha value is -1.40. The van der Waals surface area contributed by atoms with Crippen LogP contribution in [0.3, 0.4) is 0 Å². The number of hydrogen-bond acceptors (Lipinski definition) is 3. The molecular weight excluding hydrogens is 354 g/mol. The molecule has 0 unspecified atom stereocenters. The molecule has 0 saturated heterocycles. The molecule has 0 aliphatic heterocycles. The third kappa shape index (κ3) is 4.31. The zero-order valence-electron chi connectivity index (χ0n) is 10.1. The number of anilines is 1. The van der Waals surface area contributed by atoms with Crippen molar-refractivity contribution < 1.29 is 13.5 Å². The number of nitrogens with zero attached hydrogens (tertiary/aromatic N) is 1. The van der Waals surface area contributed by atoms with Crippen molar-refractivity contribution in [3.63, 3.8) is 0 Å². The number of hydrogen-bond donors (Lipinski definition) is 1. The van der Waals surface area contributed by atoms with Crippen molar-refractivity contribution in [3.8, 4) is 5.75 Å². The van der Waals surface area contributed by atoms with E-state index in [4.69, 9.17) is 11.6 Å². The Morgan fingerprint density at radius 2 is 2.10 bits per heavy atom. The predicted molar refractivity (Wildman–Crippen MR) is 77.3 cm³/mol. The summed E-state index contributed by atoms with van der Waals surface area (Å²) in [5.74, 6) is 0.135. The minimum absolute atomic E-state index is 0.135. The summed E-state index contributed by atoms with van der Waals surface area (Å²) in [7, 11) is 0. The summed E-state index contributed by atoms with van der Waals surface area (Å²) >= 11 is 9.07. The molecule has 3 nitrogen and oxygen atoms in total. The van der Waals surface area contributed by atoms with Crippen molar-refractivity contribution in [2.75, 3.05) is 5.32 Å². The summed E-state index contributed by atoms with van der Waals surface area (Å²) in [6, 6.07) is 8.23. The number of pyridine rings is 1. The lowest BCUT2D eigenvalue weighted by Gasteiger charge is -2.12. The third-order valence-electron chi connectivity index (χ3n) is 2.45. The van der Waals surface area contributed by atoms with Gasteiger partial charge in [0.2, 0.25) is 0 Å². The normalized spacial score (nSPS) is 10.7. The Morgan fingerprint density at radius 1 is 1.30 bits per heavy atom. The molecular formula is C13H10BrClF2N2O. The van der Waals surface area contributed by atoms with Gasteiger partial charge in [0, 0.05) is 28.5 Å². The van der Waals surface area contributed by atoms with Crippen LogP contribution in [0.4, 0.5) is 14.5 Å². The van der Waals surface area contributed by atoms with E-state index in [0.29, 0.717) is 17.3 Å². The van der Waals surface area contributed by atoms with Crippen LogP contribution in [0.25, 0.3) is 0 Å². The lowest BCUT2D eigenvalue weighted by molar-refractivity contribution is -0.0504. The average molecular weight is 364 g/mol. The van der Waals surface area contributed by atoms with Gasteiger partial charge in [-0.1, -0.05) is 27.5 Å². The fourth-order valence-corrected chi connectivity index (χ4v) is 2.19. The van der Waals surface area contributed by atoms with E-state index in [1.165, 1.54) is 6.07 Å². The monoisotopic (exact) mass is 362 g/mol. The second kappa shape index (κ2) is 6.85. The van der Waals surface area contributed by atoms with Gasteiger partial charge < -0.3 is 10.1 Å². The van der Waals surface area contributed by atoms with E-state index < -0.39 is 6.61 Å². The molecule has 1 aromatic carbocycles. The Kier molecular flexibility index (Phi) is 5.14. The number of nitrogens with one attached hydrogen (secondary N) is 1. The molecule has 0 radical (unpaired) electrons. The fourth-order valence-electron chi connectivity index (χ4n) is 1.61. The van der Waals surface area contributed by atoms with E-state index in [-0.39, 0.29) is 5.75 Å². The molecule has 0 spiro atoms. The first-order valence-electron chi connectivity index (χ1n) is 5.63. The van der Waals surface area contributed by atoms with Gasteiger partial charge in [-0.3, -0.25) is 0 Å². The summed E-state index contributed by atoms with van der Waals surface area (Å²) in [4.78, 5) is 3.86. The van der Waals surface area contributed by atoms with Gasteiger partial charge in [-0.25, -0.2) is 4.98 Å². The summed E-state index contributed by atoms with van der Waals surface area (Å²) < 4.78 is 29.9. The molecule has 106 valence electrons. The van der Waals surface area contributed by atoms with E-state index >= 15 is 0 Å². The maximum atomic E-state index is 12.3. The number of halogens is 4. The molecule has 0 atom stereocenters. The highest BCUT2D eigenvalue weighted by Gasteiger charge is 2.10. The second-order valence-electron chi connectivity index (χ2n) is 3.85. The van der Waals surface area contributed by atoms with Crippen molar-refractivity contribution in [2.45, 2.75) is 13.2 Å². The zero-order valence-corrected chi connectivity index (χ0v) is 12.5. The van der Waals surface area contributed by atoms with Crippen molar-refractivity contribution in [1.82, 2.24) is 4.98 Å². The number of rotatable bonds is 5. The molecule has 0 amide bonds. The minimum Gasteiger partial charge on any atom is -0.434 e. The summed E-state index contributed by atoms with van der Waals surface area (Å²) in [6.07, 6.45) is 1.56. The maximum Gasteiger partial charge on any atom is 0.387 e. The standard InChI is InChI=1S/C13H10BrClF2N2O/c14-9-1-2-11(20-13(16)17)8(5-9)7-19-10-3-4-18-12(15)6-10/h1-6,13H,7H2,(H,18,19). The first-order chi connectivity index (χ1) is 9.54. The van der Waals surface area contributed by atoms with Gasteiger partial charge in [0.1, 0.15) is 10.9 Å². The molecule has 0 bridgehead atoms. The minimum atomic E-state index is -2.86. The summed E-state index contributed by atoms with van der Waals surface area (Å²) in [6.45, 7) is -2.53. The van der Waals surface area contributed by atoms with Crippen molar-refractivity contribution in [3.05, 3.63) is 51.7 Å². The van der Waals surface area contributed by atoms with Crippen molar-refractivity contribution in [2.24, 2.45) is 0 Å². The van der Waals surface area contributed by atoms with Crippen LogP contribution in [0.2, 0.25) is 5.15 Å². The number of alkyl halides is 2. The predicted octanol–water partition coefficient (Wildman–Crippen LogP) is 4.71. The molecule has 7 heteroatoms. The van der Waals surface area contributed by atoms with Crippen LogP contribution in [0, 0.1) is 0 Å². The van der Waals surface area contributed by atoms with Gasteiger partial charge in [0.15, 0.2) is 0 Å². The molecule has 20 heavy (non-hydrogen) atoms. The average Bonchev–Trinajstić information content (AvgIpc) is 2.39. The van der Waals surface area contributed by atoms with Gasteiger partial charge in [-0.05, 0) is 30.3 Å². The smallest absolute Gasteiger partial charge is 0.387 e. The highest BCUT2D eigenvalue weighted by molar-refractivity contribution is 9.10. The fraction of sp³-hybridized carbons (Fsp3) is 0.154. The number of ether oxygens (including phenoxy) is 1. The molecule has 0 aliphatic rings. The number of benzene rings is 1. The van der Waals surface area contributed by atoms with Gasteiger partial charge in [-0.15, -0.1) is 0 Å². The van der Waals surface area contributed by atoms with Crippen LogP contribution < -0.4 is 10.1 Å². The summed E-state index contributed by atoms with van der Waals surface area (Å²) in [5, 5.41) is 3.43. The van der Waals surface area contributed by atoms with E-state index in [9.17, 15) is 8.78 Å². The van der Waals surface area contributed by atoms with Crippen LogP contribution in [0.15, 0.2) is 41.0 Å². The van der Waals surface area contributed by atoms with Crippen LogP contribution >= 0.6 is 27.5 Å². The van der Waals surface area contributed by atoms with Gasteiger partial charge in [-0.2, -0.15) is 8.78 Å². The van der Waals surface area contributed by atoms with Crippen molar-refractivity contribution in [1.29, 1.82) is 0 Å². The Bertz CT molecular complexity index is 598. The third-order valence-corrected chi connectivity index (χ3v) is 3.15. The van der Waals surface area contributed by atoms with E-state index in [0.717, 1.165) is 10.2 Å². The van der Waals surface area contributed by atoms with Crippen LogP contribution in [0.1, 0.15) is 5.56 Å². The van der Waals surface area contributed by atoms with E-state index in [1.54, 1.807) is 30.5 Å². The second-order valence-corrected chi connectivity index (χ2v) is 5.15. The highest BCUT2D eigenvalue weighted by atomic mass is 79.9. The van der Waals surface area contributed by atoms with Crippen molar-refractivity contribution >= 4 is 33.2 Å². The molecule has 1 N–H and O–H groups in total. The SMILES string of the molecule is FC(F)Oc1ccc(Br)cc1CNc1ccnc(Cl)c1. The first-order valence-corrected chi connectivity index (χ1v) is 6.80. The Labute approximate surface area is 128 Å². The van der Waals surface area contributed by atoms with Gasteiger partial charge in [0.25, 0.3) is 0 Å². The largest absolute Gasteiger partial charge is 0.434 e. The zero-order chi connectivity index (χ0) is 14.5. The molecule has 1 heterocycles. The van der Waals surface area contributed by atoms with E-state index in [1.807, 2.05) is 0 Å². The van der Waals surface area contributed by atoms with Gasteiger partial charge in [0.05, 0.1) is 0 Å². The first kappa shape index (κ1) is 15.0.